The Labute approximate surface area is 183 Å². The van der Waals surface area contributed by atoms with E-state index in [4.69, 9.17) is 25.9 Å². The summed E-state index contributed by atoms with van der Waals surface area (Å²) in [6.07, 6.45) is 0.492. The molecule has 1 amide bonds. The number of sulfonamides is 1. The Morgan fingerprint density at radius 2 is 2.03 bits per heavy atom. The molecule has 31 heavy (non-hydrogen) atoms. The number of aryl methyl sites for hydroxylation is 1. The highest BCUT2D eigenvalue weighted by molar-refractivity contribution is 7.89. The maximum Gasteiger partial charge on any atom is 0.336 e. The summed E-state index contributed by atoms with van der Waals surface area (Å²) < 4.78 is 34.0. The van der Waals surface area contributed by atoms with E-state index in [9.17, 15) is 18.0 Å². The lowest BCUT2D eigenvalue weighted by Gasteiger charge is -2.23. The van der Waals surface area contributed by atoms with Gasteiger partial charge < -0.3 is 14.1 Å². The highest BCUT2D eigenvalue weighted by Crippen LogP contribution is 2.35. The van der Waals surface area contributed by atoms with Crippen LogP contribution in [0.4, 0.5) is 5.69 Å². The molecule has 8 nitrogen and oxygen atoms in total. The van der Waals surface area contributed by atoms with E-state index in [0.717, 1.165) is 5.56 Å². The number of primary sulfonamides is 1. The van der Waals surface area contributed by atoms with Crippen molar-refractivity contribution in [3.05, 3.63) is 63.0 Å². The van der Waals surface area contributed by atoms with Gasteiger partial charge in [0.2, 0.25) is 10.0 Å². The molecule has 0 bridgehead atoms. The van der Waals surface area contributed by atoms with Crippen molar-refractivity contribution in [2.24, 2.45) is 5.14 Å². The number of rotatable bonds is 4. The van der Waals surface area contributed by atoms with Gasteiger partial charge in [0.1, 0.15) is 11.3 Å². The number of carbonyl (C=O) groups excluding carboxylic acids is 1. The minimum absolute atomic E-state index is 0.00345. The number of nitrogens with zero attached hydrogens (tertiary/aromatic N) is 1. The van der Waals surface area contributed by atoms with Gasteiger partial charge in [0, 0.05) is 29.2 Å². The van der Waals surface area contributed by atoms with Crippen LogP contribution in [0.2, 0.25) is 5.02 Å². The van der Waals surface area contributed by atoms with Crippen LogP contribution in [0.1, 0.15) is 18.1 Å². The second-order valence-electron chi connectivity index (χ2n) is 7.47. The summed E-state index contributed by atoms with van der Waals surface area (Å²) in [4.78, 5) is 26.1. The molecule has 1 aliphatic heterocycles. The predicted octanol–water partition coefficient (Wildman–Crippen LogP) is 2.76. The topological polar surface area (TPSA) is 120 Å². The average Bonchev–Trinajstić information content (AvgIpc) is 3.01. The monoisotopic (exact) mass is 462 g/mol. The minimum Gasteiger partial charge on any atom is -0.482 e. The van der Waals surface area contributed by atoms with Crippen molar-refractivity contribution >= 4 is 44.2 Å². The van der Waals surface area contributed by atoms with E-state index in [1.807, 2.05) is 6.92 Å². The lowest BCUT2D eigenvalue weighted by Crippen LogP contribution is -2.39. The fraction of sp³-hybridized carbons (Fsp3) is 0.238. The molecule has 1 unspecified atom stereocenters. The van der Waals surface area contributed by atoms with Gasteiger partial charge in [-0.15, -0.1) is 0 Å². The first-order chi connectivity index (χ1) is 14.5. The number of amides is 1. The highest BCUT2D eigenvalue weighted by Gasteiger charge is 2.32. The number of benzene rings is 2. The fourth-order valence-electron chi connectivity index (χ4n) is 3.80. The number of anilines is 1. The summed E-state index contributed by atoms with van der Waals surface area (Å²) in [6, 6.07) is 8.72. The Kier molecular flexibility index (Phi) is 5.28. The normalized spacial score (nSPS) is 15.9. The van der Waals surface area contributed by atoms with Crippen molar-refractivity contribution in [3.63, 3.8) is 0 Å². The molecule has 0 aliphatic carbocycles. The van der Waals surface area contributed by atoms with Crippen molar-refractivity contribution in [3.8, 4) is 5.75 Å². The van der Waals surface area contributed by atoms with Crippen LogP contribution in [0.25, 0.3) is 11.0 Å². The van der Waals surface area contributed by atoms with Crippen molar-refractivity contribution in [2.45, 2.75) is 31.2 Å². The molecule has 0 radical (unpaired) electrons. The lowest BCUT2D eigenvalue weighted by molar-refractivity contribution is -0.120. The van der Waals surface area contributed by atoms with Gasteiger partial charge in [-0.1, -0.05) is 11.6 Å². The summed E-state index contributed by atoms with van der Waals surface area (Å²) in [5, 5.41) is 6.16. The molecule has 162 valence electrons. The quantitative estimate of drug-likeness (QED) is 0.595. The number of fused-ring (bicyclic) bond motifs is 2. The molecule has 2 N–H and O–H groups in total. The van der Waals surface area contributed by atoms with Gasteiger partial charge in [-0.25, -0.2) is 18.4 Å². The molecular weight excluding hydrogens is 444 g/mol. The van der Waals surface area contributed by atoms with E-state index in [1.165, 1.54) is 24.3 Å². The number of nitrogens with two attached hydrogens (primary N) is 1. The van der Waals surface area contributed by atoms with E-state index in [2.05, 4.69) is 0 Å². The zero-order valence-corrected chi connectivity index (χ0v) is 18.3. The van der Waals surface area contributed by atoms with Gasteiger partial charge in [-0.05, 0) is 55.7 Å². The standard InChI is InChI=1S/C21H19ClN2O6S/c1-11-5-21(26)30-18-9-19(16(22)8-15(11)18)29-10-20(25)24-12(2)6-13-7-14(31(23,27)28)3-4-17(13)24/h3-5,7-9,12H,6,10H2,1-2H3,(H2,23,27,28). The molecule has 0 fully saturated rings. The van der Waals surface area contributed by atoms with E-state index < -0.39 is 15.6 Å². The minimum atomic E-state index is -3.83. The van der Waals surface area contributed by atoms with Crippen LogP contribution in [-0.4, -0.2) is 27.0 Å². The molecule has 10 heteroatoms. The van der Waals surface area contributed by atoms with Gasteiger partial charge in [0.05, 0.1) is 9.92 Å². The van der Waals surface area contributed by atoms with Crippen LogP contribution in [-0.2, 0) is 21.2 Å². The third kappa shape index (κ3) is 4.04. The average molecular weight is 463 g/mol. The number of hydrogen-bond acceptors (Lipinski definition) is 6. The molecule has 1 aromatic heterocycles. The SMILES string of the molecule is Cc1cc(=O)oc2cc(OCC(=O)N3c4ccc(S(N)(=O)=O)cc4CC3C)c(Cl)cc12. The summed E-state index contributed by atoms with van der Waals surface area (Å²) >= 11 is 6.29. The Hall–Kier alpha value is -2.88. The summed E-state index contributed by atoms with van der Waals surface area (Å²) in [5.41, 5.74) is 1.87. The summed E-state index contributed by atoms with van der Waals surface area (Å²) in [7, 11) is -3.83. The zero-order chi connectivity index (χ0) is 22.5. The summed E-state index contributed by atoms with van der Waals surface area (Å²) in [5.74, 6) is -0.107. The second kappa shape index (κ2) is 7.67. The van der Waals surface area contributed by atoms with Crippen molar-refractivity contribution in [2.75, 3.05) is 11.5 Å². The molecule has 2 heterocycles. The molecule has 0 saturated carbocycles. The molecule has 1 atom stereocenters. The smallest absolute Gasteiger partial charge is 0.336 e. The van der Waals surface area contributed by atoms with Crippen molar-refractivity contribution in [1.82, 2.24) is 0 Å². The third-order valence-corrected chi connectivity index (χ3v) is 6.43. The van der Waals surface area contributed by atoms with Crippen LogP contribution in [0, 0.1) is 6.92 Å². The Morgan fingerprint density at radius 3 is 2.74 bits per heavy atom. The summed E-state index contributed by atoms with van der Waals surface area (Å²) in [6.45, 7) is 3.32. The Morgan fingerprint density at radius 1 is 1.29 bits per heavy atom. The maximum atomic E-state index is 12.9. The van der Waals surface area contributed by atoms with Gasteiger partial charge in [0.25, 0.3) is 5.91 Å². The molecule has 2 aromatic carbocycles. The maximum absolute atomic E-state index is 12.9. The van der Waals surface area contributed by atoms with Gasteiger partial charge in [-0.2, -0.15) is 0 Å². The number of halogens is 1. The molecular formula is C21H19ClN2O6S. The first-order valence-electron chi connectivity index (χ1n) is 9.39. The van der Waals surface area contributed by atoms with Crippen LogP contribution in [0.5, 0.6) is 5.75 Å². The molecule has 3 aromatic rings. The van der Waals surface area contributed by atoms with Crippen molar-refractivity contribution in [1.29, 1.82) is 0 Å². The zero-order valence-electron chi connectivity index (χ0n) is 16.7. The Bertz CT molecular complexity index is 1380. The molecule has 4 rings (SSSR count). The fourth-order valence-corrected chi connectivity index (χ4v) is 4.59. The Balaban J connectivity index is 1.57. The third-order valence-electron chi connectivity index (χ3n) is 5.22. The molecule has 1 aliphatic rings. The van der Waals surface area contributed by atoms with Crippen LogP contribution in [0.3, 0.4) is 0 Å². The predicted molar refractivity (Wildman–Crippen MR) is 116 cm³/mol. The molecule has 0 saturated heterocycles. The largest absolute Gasteiger partial charge is 0.482 e. The van der Waals surface area contributed by atoms with Crippen LogP contribution < -0.4 is 20.4 Å². The first kappa shape index (κ1) is 21.4. The number of hydrogen-bond donors (Lipinski definition) is 1. The van der Waals surface area contributed by atoms with E-state index in [-0.39, 0.29) is 34.2 Å². The van der Waals surface area contributed by atoms with E-state index >= 15 is 0 Å². The number of ether oxygens (including phenoxy) is 1. The number of carbonyl (C=O) groups is 1. The van der Waals surface area contributed by atoms with E-state index in [1.54, 1.807) is 24.0 Å². The van der Waals surface area contributed by atoms with Gasteiger partial charge in [-0.3, -0.25) is 4.79 Å². The van der Waals surface area contributed by atoms with Gasteiger partial charge in [0.15, 0.2) is 6.61 Å². The highest BCUT2D eigenvalue weighted by atomic mass is 35.5. The van der Waals surface area contributed by atoms with Crippen LogP contribution in [0.15, 0.2) is 50.5 Å². The molecule has 0 spiro atoms. The van der Waals surface area contributed by atoms with Crippen molar-refractivity contribution < 1.29 is 22.4 Å². The first-order valence-corrected chi connectivity index (χ1v) is 11.3. The van der Waals surface area contributed by atoms with E-state index in [0.29, 0.717) is 28.6 Å². The lowest BCUT2D eigenvalue weighted by atomic mass is 10.1. The second-order valence-corrected chi connectivity index (χ2v) is 9.44. The van der Waals surface area contributed by atoms with Crippen LogP contribution >= 0.6 is 11.6 Å². The van der Waals surface area contributed by atoms with Gasteiger partial charge >= 0.3 is 5.63 Å².